The molecule has 3 nitrogen and oxygen atoms in total. The van der Waals surface area contributed by atoms with Crippen LogP contribution in [0.4, 0.5) is 0 Å². The molecule has 0 saturated heterocycles. The van der Waals surface area contributed by atoms with E-state index in [2.05, 4.69) is 54.6 Å². The Labute approximate surface area is 180 Å². The number of fused-ring (bicyclic) bond motifs is 2. The Kier molecular flexibility index (Phi) is 7.73. The van der Waals surface area contributed by atoms with Crippen molar-refractivity contribution in [3.8, 4) is 5.75 Å². The summed E-state index contributed by atoms with van der Waals surface area (Å²) in [5.74, 6) is 0.884. The lowest BCUT2D eigenvalue weighted by atomic mass is 10.0. The van der Waals surface area contributed by atoms with E-state index in [1.54, 1.807) is 0 Å². The highest BCUT2D eigenvalue weighted by molar-refractivity contribution is 6.00. The van der Waals surface area contributed by atoms with Crippen molar-refractivity contribution in [3.05, 3.63) is 54.6 Å². The highest BCUT2D eigenvalue weighted by atomic mass is 16.6. The van der Waals surface area contributed by atoms with E-state index in [9.17, 15) is 4.79 Å². The van der Waals surface area contributed by atoms with Crippen LogP contribution >= 0.6 is 0 Å². The molecule has 0 radical (unpaired) electrons. The molecule has 0 atom stereocenters. The van der Waals surface area contributed by atoms with Crippen molar-refractivity contribution < 1.29 is 14.3 Å². The van der Waals surface area contributed by atoms with E-state index in [0.717, 1.165) is 44.5 Å². The predicted octanol–water partition coefficient (Wildman–Crippen LogP) is 7.44. The standard InChI is InChI=1S/C27H34O3/c1-27(2,3)30-26(28)17-8-6-4-5-7-11-18-29-25-16-12-15-23-19-21-13-9-10-14-22(21)20-24(23)25/h9-10,12-16,19-20H,4-8,11,17-18H2,1-3H3. The van der Waals surface area contributed by atoms with Gasteiger partial charge in [-0.05, 0) is 68.0 Å². The number of rotatable bonds is 10. The topological polar surface area (TPSA) is 35.5 Å². The highest BCUT2D eigenvalue weighted by Crippen LogP contribution is 2.30. The maximum Gasteiger partial charge on any atom is 0.306 e. The Hall–Kier alpha value is -2.55. The van der Waals surface area contributed by atoms with E-state index in [0.29, 0.717) is 6.42 Å². The third-order valence-corrected chi connectivity index (χ3v) is 5.16. The first-order valence-electron chi connectivity index (χ1n) is 11.2. The van der Waals surface area contributed by atoms with E-state index in [1.807, 2.05) is 20.8 Å². The number of ether oxygens (including phenoxy) is 2. The zero-order valence-electron chi connectivity index (χ0n) is 18.6. The van der Waals surface area contributed by atoms with Crippen LogP contribution in [-0.2, 0) is 9.53 Å². The fourth-order valence-electron chi connectivity index (χ4n) is 3.72. The zero-order valence-corrected chi connectivity index (χ0v) is 18.6. The summed E-state index contributed by atoms with van der Waals surface area (Å²) in [5.41, 5.74) is -0.381. The van der Waals surface area contributed by atoms with Gasteiger partial charge in [-0.25, -0.2) is 0 Å². The number of benzene rings is 3. The van der Waals surface area contributed by atoms with Crippen LogP contribution in [0.2, 0.25) is 0 Å². The van der Waals surface area contributed by atoms with E-state index in [4.69, 9.17) is 9.47 Å². The minimum absolute atomic E-state index is 0.0845. The lowest BCUT2D eigenvalue weighted by Crippen LogP contribution is -2.23. The first-order chi connectivity index (χ1) is 14.4. The molecule has 0 fully saturated rings. The van der Waals surface area contributed by atoms with Gasteiger partial charge in [-0.3, -0.25) is 4.79 Å². The second kappa shape index (κ2) is 10.5. The fourth-order valence-corrected chi connectivity index (χ4v) is 3.72. The predicted molar refractivity (Wildman–Crippen MR) is 125 cm³/mol. The van der Waals surface area contributed by atoms with Crippen LogP contribution in [0.3, 0.4) is 0 Å². The summed E-state index contributed by atoms with van der Waals surface area (Å²) in [6.45, 7) is 6.47. The number of carbonyl (C=O) groups excluding carboxylic acids is 1. The van der Waals surface area contributed by atoms with Crippen LogP contribution in [0.1, 0.15) is 65.7 Å². The summed E-state index contributed by atoms with van der Waals surface area (Å²) in [6, 6.07) is 19.2. The third-order valence-electron chi connectivity index (χ3n) is 5.16. The molecule has 30 heavy (non-hydrogen) atoms. The van der Waals surface area contributed by atoms with Gasteiger partial charge >= 0.3 is 5.97 Å². The summed E-state index contributed by atoms with van der Waals surface area (Å²) < 4.78 is 11.5. The fraction of sp³-hybridized carbons (Fsp3) is 0.444. The molecule has 3 aromatic rings. The SMILES string of the molecule is CC(C)(C)OC(=O)CCCCCCCCOc1cccc2cc3ccccc3cc12. The molecular weight excluding hydrogens is 372 g/mol. The zero-order chi connectivity index (χ0) is 21.4. The summed E-state index contributed by atoms with van der Waals surface area (Å²) in [4.78, 5) is 11.7. The van der Waals surface area contributed by atoms with Gasteiger partial charge in [0.1, 0.15) is 11.4 Å². The van der Waals surface area contributed by atoms with Gasteiger partial charge in [0.25, 0.3) is 0 Å². The normalized spacial score (nSPS) is 11.7. The average molecular weight is 407 g/mol. The average Bonchev–Trinajstić information content (AvgIpc) is 2.70. The summed E-state index contributed by atoms with van der Waals surface area (Å²) in [6.07, 6.45) is 7.05. The van der Waals surface area contributed by atoms with Crippen molar-refractivity contribution in [2.45, 2.75) is 71.3 Å². The largest absolute Gasteiger partial charge is 0.493 e. The molecule has 0 aliphatic carbocycles. The number of carbonyl (C=O) groups is 1. The molecule has 0 bridgehead atoms. The molecule has 3 rings (SSSR count). The van der Waals surface area contributed by atoms with Crippen molar-refractivity contribution >= 4 is 27.5 Å². The number of hydrogen-bond acceptors (Lipinski definition) is 3. The molecule has 0 aromatic heterocycles. The van der Waals surface area contributed by atoms with Crippen LogP contribution < -0.4 is 4.74 Å². The lowest BCUT2D eigenvalue weighted by molar-refractivity contribution is -0.154. The molecule has 0 amide bonds. The summed E-state index contributed by atoms with van der Waals surface area (Å²) in [5, 5.41) is 4.90. The van der Waals surface area contributed by atoms with E-state index in [1.165, 1.54) is 28.0 Å². The van der Waals surface area contributed by atoms with E-state index >= 15 is 0 Å². The Morgan fingerprint density at radius 1 is 0.767 bits per heavy atom. The van der Waals surface area contributed by atoms with Crippen molar-refractivity contribution in [2.75, 3.05) is 6.61 Å². The third kappa shape index (κ3) is 6.76. The highest BCUT2D eigenvalue weighted by Gasteiger charge is 2.15. The van der Waals surface area contributed by atoms with Gasteiger partial charge in [0.2, 0.25) is 0 Å². The van der Waals surface area contributed by atoms with Crippen molar-refractivity contribution in [1.82, 2.24) is 0 Å². The molecule has 160 valence electrons. The lowest BCUT2D eigenvalue weighted by Gasteiger charge is -2.19. The van der Waals surface area contributed by atoms with Crippen molar-refractivity contribution in [1.29, 1.82) is 0 Å². The van der Waals surface area contributed by atoms with Gasteiger partial charge in [0.15, 0.2) is 0 Å². The Morgan fingerprint density at radius 2 is 1.40 bits per heavy atom. The molecule has 0 aliphatic rings. The van der Waals surface area contributed by atoms with Crippen LogP contribution in [0, 0.1) is 0 Å². The van der Waals surface area contributed by atoms with E-state index in [-0.39, 0.29) is 11.6 Å². The van der Waals surface area contributed by atoms with Gasteiger partial charge in [0, 0.05) is 11.8 Å². The van der Waals surface area contributed by atoms with Crippen LogP contribution in [0.5, 0.6) is 5.75 Å². The molecular formula is C27H34O3. The summed E-state index contributed by atoms with van der Waals surface area (Å²) >= 11 is 0. The molecule has 0 heterocycles. The smallest absolute Gasteiger partial charge is 0.306 e. The maximum absolute atomic E-state index is 11.7. The maximum atomic E-state index is 11.7. The van der Waals surface area contributed by atoms with E-state index < -0.39 is 0 Å². The van der Waals surface area contributed by atoms with Gasteiger partial charge in [-0.1, -0.05) is 62.1 Å². The van der Waals surface area contributed by atoms with Crippen LogP contribution in [0.25, 0.3) is 21.5 Å². The van der Waals surface area contributed by atoms with Gasteiger partial charge in [0.05, 0.1) is 6.61 Å². The van der Waals surface area contributed by atoms with Crippen LogP contribution in [-0.4, -0.2) is 18.2 Å². The molecule has 0 saturated carbocycles. The minimum Gasteiger partial charge on any atom is -0.493 e. The van der Waals surface area contributed by atoms with Gasteiger partial charge < -0.3 is 9.47 Å². The monoisotopic (exact) mass is 406 g/mol. The Morgan fingerprint density at radius 3 is 2.13 bits per heavy atom. The van der Waals surface area contributed by atoms with Gasteiger partial charge in [-0.15, -0.1) is 0 Å². The number of esters is 1. The summed E-state index contributed by atoms with van der Waals surface area (Å²) in [7, 11) is 0. The minimum atomic E-state index is -0.381. The molecule has 0 N–H and O–H groups in total. The number of hydrogen-bond donors (Lipinski definition) is 0. The second-order valence-electron chi connectivity index (χ2n) is 8.98. The Balaban J connectivity index is 1.36. The Bertz CT molecular complexity index is 969. The second-order valence-corrected chi connectivity index (χ2v) is 8.98. The molecule has 0 aliphatic heterocycles. The van der Waals surface area contributed by atoms with Crippen LogP contribution in [0.15, 0.2) is 54.6 Å². The first kappa shape index (κ1) is 22.1. The first-order valence-corrected chi connectivity index (χ1v) is 11.2. The molecule has 3 aromatic carbocycles. The quantitative estimate of drug-likeness (QED) is 0.199. The molecule has 0 spiro atoms. The molecule has 3 heteroatoms. The molecule has 0 unspecified atom stereocenters. The van der Waals surface area contributed by atoms with Crippen molar-refractivity contribution in [3.63, 3.8) is 0 Å². The van der Waals surface area contributed by atoms with Crippen molar-refractivity contribution in [2.24, 2.45) is 0 Å². The number of unbranched alkanes of at least 4 members (excludes halogenated alkanes) is 5. The van der Waals surface area contributed by atoms with Gasteiger partial charge in [-0.2, -0.15) is 0 Å².